The molecule has 0 unspecified atom stereocenters. The Balaban J connectivity index is 2.80. The van der Waals surface area contributed by atoms with Gasteiger partial charge in [0.05, 0.1) is 7.11 Å². The van der Waals surface area contributed by atoms with Crippen LogP contribution in [0.25, 0.3) is 0 Å². The van der Waals surface area contributed by atoms with Crippen LogP contribution in [0.2, 0.25) is 0 Å². The lowest BCUT2D eigenvalue weighted by molar-refractivity contribution is -0.146. The van der Waals surface area contributed by atoms with Gasteiger partial charge in [-0.2, -0.15) is 11.8 Å². The number of hydrogen-bond donors (Lipinski definition) is 1. The van der Waals surface area contributed by atoms with Crippen LogP contribution < -0.4 is 0 Å². The van der Waals surface area contributed by atoms with E-state index < -0.39 is 18.1 Å². The SMILES string of the molecule is CCCSCC[C@@H](C(=O)OC)N(Cc1ccccc1)C(=O)O. The smallest absolute Gasteiger partial charge is 0.408 e. The molecular formula is C16H23NO4S. The summed E-state index contributed by atoms with van der Waals surface area (Å²) in [5.74, 6) is 1.22. The summed E-state index contributed by atoms with van der Waals surface area (Å²) in [6, 6.07) is 8.48. The summed E-state index contributed by atoms with van der Waals surface area (Å²) in [7, 11) is 1.29. The first-order valence-corrected chi connectivity index (χ1v) is 8.44. The van der Waals surface area contributed by atoms with Crippen LogP contribution in [0.15, 0.2) is 30.3 Å². The normalized spacial score (nSPS) is 11.7. The monoisotopic (exact) mass is 325 g/mol. The topological polar surface area (TPSA) is 66.8 Å². The van der Waals surface area contributed by atoms with Gasteiger partial charge in [0, 0.05) is 6.54 Å². The Kier molecular flexibility index (Phi) is 8.43. The fourth-order valence-corrected chi connectivity index (χ4v) is 2.95. The maximum Gasteiger partial charge on any atom is 0.408 e. The molecule has 1 amide bonds. The zero-order chi connectivity index (χ0) is 16.4. The zero-order valence-corrected chi connectivity index (χ0v) is 13.8. The Morgan fingerprint density at radius 2 is 1.95 bits per heavy atom. The molecule has 6 heteroatoms. The molecule has 0 aromatic heterocycles. The minimum absolute atomic E-state index is 0.175. The summed E-state index contributed by atoms with van der Waals surface area (Å²) < 4.78 is 4.79. The van der Waals surface area contributed by atoms with Crippen LogP contribution in [-0.2, 0) is 16.1 Å². The van der Waals surface area contributed by atoms with Gasteiger partial charge in [0.1, 0.15) is 6.04 Å². The highest BCUT2D eigenvalue weighted by atomic mass is 32.2. The van der Waals surface area contributed by atoms with Gasteiger partial charge in [0.25, 0.3) is 0 Å². The van der Waals surface area contributed by atoms with E-state index >= 15 is 0 Å². The van der Waals surface area contributed by atoms with Crippen LogP contribution in [0.3, 0.4) is 0 Å². The first-order chi connectivity index (χ1) is 10.6. The fourth-order valence-electron chi connectivity index (χ4n) is 2.07. The number of carbonyl (C=O) groups excluding carboxylic acids is 1. The molecule has 0 radical (unpaired) electrons. The average Bonchev–Trinajstić information content (AvgIpc) is 2.53. The second kappa shape index (κ2) is 10.1. The molecule has 1 atom stereocenters. The largest absolute Gasteiger partial charge is 0.467 e. The number of carboxylic acid groups (broad SMARTS) is 1. The minimum Gasteiger partial charge on any atom is -0.467 e. The molecule has 0 aliphatic carbocycles. The van der Waals surface area contributed by atoms with Crippen molar-refractivity contribution in [3.05, 3.63) is 35.9 Å². The third-order valence-electron chi connectivity index (χ3n) is 3.18. The van der Waals surface area contributed by atoms with E-state index in [1.165, 1.54) is 7.11 Å². The van der Waals surface area contributed by atoms with E-state index in [-0.39, 0.29) is 6.54 Å². The molecular weight excluding hydrogens is 302 g/mol. The number of thioether (sulfide) groups is 1. The van der Waals surface area contributed by atoms with Gasteiger partial charge >= 0.3 is 12.1 Å². The van der Waals surface area contributed by atoms with Crippen LogP contribution in [0.5, 0.6) is 0 Å². The first kappa shape index (κ1) is 18.4. The van der Waals surface area contributed by atoms with E-state index in [1.54, 1.807) is 11.8 Å². The van der Waals surface area contributed by atoms with Crippen molar-refractivity contribution in [2.24, 2.45) is 0 Å². The molecule has 22 heavy (non-hydrogen) atoms. The Hall–Kier alpha value is -1.69. The van der Waals surface area contributed by atoms with Crippen molar-refractivity contribution in [1.29, 1.82) is 0 Å². The molecule has 1 aromatic rings. The predicted octanol–water partition coefficient (Wildman–Crippen LogP) is 3.24. The molecule has 5 nitrogen and oxygen atoms in total. The lowest BCUT2D eigenvalue weighted by Crippen LogP contribution is -2.45. The third kappa shape index (κ3) is 5.97. The third-order valence-corrected chi connectivity index (χ3v) is 4.40. The van der Waals surface area contributed by atoms with Gasteiger partial charge in [-0.1, -0.05) is 37.3 Å². The fraction of sp³-hybridized carbons (Fsp3) is 0.500. The van der Waals surface area contributed by atoms with E-state index in [1.807, 2.05) is 30.3 Å². The highest BCUT2D eigenvalue weighted by Crippen LogP contribution is 2.16. The van der Waals surface area contributed by atoms with Gasteiger partial charge in [-0.3, -0.25) is 4.90 Å². The summed E-state index contributed by atoms with van der Waals surface area (Å²) >= 11 is 1.72. The summed E-state index contributed by atoms with van der Waals surface area (Å²) in [4.78, 5) is 24.7. The summed E-state index contributed by atoms with van der Waals surface area (Å²) in [6.07, 6.45) is 0.399. The molecule has 0 saturated carbocycles. The average molecular weight is 325 g/mol. The molecule has 122 valence electrons. The van der Waals surface area contributed by atoms with E-state index in [4.69, 9.17) is 4.74 Å². The Labute approximate surface area is 135 Å². The van der Waals surface area contributed by atoms with E-state index in [2.05, 4.69) is 6.92 Å². The van der Waals surface area contributed by atoms with E-state index in [0.717, 1.165) is 28.4 Å². The van der Waals surface area contributed by atoms with Crippen LogP contribution in [-0.4, -0.2) is 46.7 Å². The first-order valence-electron chi connectivity index (χ1n) is 7.29. The standard InChI is InChI=1S/C16H23NO4S/c1-3-10-22-11-9-14(15(18)21-2)17(16(19)20)12-13-7-5-4-6-8-13/h4-8,14H,3,9-12H2,1-2H3,(H,19,20)/t14-/m0/s1. The highest BCUT2D eigenvalue weighted by Gasteiger charge is 2.30. The summed E-state index contributed by atoms with van der Waals surface area (Å²) in [5.41, 5.74) is 0.847. The maximum atomic E-state index is 12.0. The number of ether oxygens (including phenoxy) is 1. The van der Waals surface area contributed by atoms with Crippen molar-refractivity contribution in [2.75, 3.05) is 18.6 Å². The number of carbonyl (C=O) groups is 2. The Morgan fingerprint density at radius 1 is 1.27 bits per heavy atom. The molecule has 1 aromatic carbocycles. The van der Waals surface area contributed by atoms with E-state index in [0.29, 0.717) is 6.42 Å². The Morgan fingerprint density at radius 3 is 2.50 bits per heavy atom. The predicted molar refractivity (Wildman–Crippen MR) is 88.0 cm³/mol. The molecule has 0 heterocycles. The van der Waals surface area contributed by atoms with Gasteiger partial charge in [-0.05, 0) is 29.9 Å². The summed E-state index contributed by atoms with van der Waals surface area (Å²) in [6.45, 7) is 2.26. The van der Waals surface area contributed by atoms with Crippen molar-refractivity contribution < 1.29 is 19.4 Å². The van der Waals surface area contributed by atoms with Crippen molar-refractivity contribution in [3.63, 3.8) is 0 Å². The van der Waals surface area contributed by atoms with Crippen molar-refractivity contribution in [3.8, 4) is 0 Å². The molecule has 1 N–H and O–H groups in total. The van der Waals surface area contributed by atoms with Crippen molar-refractivity contribution >= 4 is 23.8 Å². The number of rotatable bonds is 9. The molecule has 0 spiro atoms. The minimum atomic E-state index is -1.11. The molecule has 0 saturated heterocycles. The zero-order valence-electron chi connectivity index (χ0n) is 13.0. The lowest BCUT2D eigenvalue weighted by atomic mass is 10.1. The molecule has 1 rings (SSSR count). The number of amides is 1. The van der Waals surface area contributed by atoms with Crippen molar-refractivity contribution in [1.82, 2.24) is 4.90 Å². The van der Waals surface area contributed by atoms with Crippen molar-refractivity contribution in [2.45, 2.75) is 32.4 Å². The highest BCUT2D eigenvalue weighted by molar-refractivity contribution is 7.99. The lowest BCUT2D eigenvalue weighted by Gasteiger charge is -2.27. The van der Waals surface area contributed by atoms with Gasteiger partial charge in [-0.15, -0.1) is 0 Å². The number of methoxy groups -OCH3 is 1. The Bertz CT molecular complexity index is 466. The maximum absolute atomic E-state index is 12.0. The number of nitrogens with zero attached hydrogens (tertiary/aromatic N) is 1. The van der Waals surface area contributed by atoms with Crippen LogP contribution in [0.4, 0.5) is 4.79 Å². The molecule has 0 aliphatic rings. The molecule has 0 fully saturated rings. The van der Waals surface area contributed by atoms with Crippen LogP contribution >= 0.6 is 11.8 Å². The summed E-state index contributed by atoms with van der Waals surface area (Å²) in [5, 5.41) is 9.46. The second-order valence-corrected chi connectivity index (χ2v) is 6.06. The van der Waals surface area contributed by atoms with E-state index in [9.17, 15) is 14.7 Å². The van der Waals surface area contributed by atoms with Gasteiger partial charge in [-0.25, -0.2) is 9.59 Å². The quantitative estimate of drug-likeness (QED) is 0.558. The number of esters is 1. The number of benzene rings is 1. The molecule has 0 bridgehead atoms. The van der Waals surface area contributed by atoms with Gasteiger partial charge in [0.15, 0.2) is 0 Å². The van der Waals surface area contributed by atoms with Crippen LogP contribution in [0, 0.1) is 0 Å². The number of hydrogen-bond acceptors (Lipinski definition) is 4. The van der Waals surface area contributed by atoms with Gasteiger partial charge in [0.2, 0.25) is 0 Å². The van der Waals surface area contributed by atoms with Gasteiger partial charge < -0.3 is 9.84 Å². The molecule has 0 aliphatic heterocycles. The van der Waals surface area contributed by atoms with Crippen LogP contribution in [0.1, 0.15) is 25.3 Å². The second-order valence-electron chi connectivity index (χ2n) is 4.84.